The normalized spacial score (nSPS) is 18.9. The molecule has 15 heavy (non-hydrogen) atoms. The van der Waals surface area contributed by atoms with Gasteiger partial charge in [0.2, 0.25) is 0 Å². The molecule has 0 aromatic heterocycles. The summed E-state index contributed by atoms with van der Waals surface area (Å²) in [5.41, 5.74) is 3.00. The van der Waals surface area contributed by atoms with Gasteiger partial charge in [0.15, 0.2) is 0 Å². The number of hydrogen-bond donors (Lipinski definition) is 0. The largest absolute Gasteiger partial charge is 0.0833 e. The summed E-state index contributed by atoms with van der Waals surface area (Å²) in [6, 6.07) is 8.84. The van der Waals surface area contributed by atoms with E-state index < -0.39 is 0 Å². The highest BCUT2D eigenvalue weighted by atomic mass is 14.2. The number of benzene rings is 1. The van der Waals surface area contributed by atoms with Crippen LogP contribution in [0.4, 0.5) is 0 Å². The van der Waals surface area contributed by atoms with E-state index in [0.29, 0.717) is 0 Å². The molecule has 0 saturated carbocycles. The van der Waals surface area contributed by atoms with Crippen molar-refractivity contribution in [1.29, 1.82) is 0 Å². The average Bonchev–Trinajstić information content (AvgIpc) is 2.30. The zero-order chi connectivity index (χ0) is 10.5. The first-order valence-electron chi connectivity index (χ1n) is 6.17. The number of allylic oxidation sites excluding steroid dienone is 1. The van der Waals surface area contributed by atoms with Crippen molar-refractivity contribution < 1.29 is 0 Å². The summed E-state index contributed by atoms with van der Waals surface area (Å²) in [5.74, 6) is 0.776. The van der Waals surface area contributed by atoms with Gasteiger partial charge in [0.1, 0.15) is 0 Å². The Balaban J connectivity index is 2.05. The van der Waals surface area contributed by atoms with E-state index in [-0.39, 0.29) is 0 Å². The summed E-state index contributed by atoms with van der Waals surface area (Å²) >= 11 is 0. The monoisotopic (exact) mass is 200 g/mol. The minimum Gasteiger partial charge on any atom is -0.0833 e. The summed E-state index contributed by atoms with van der Waals surface area (Å²) in [5, 5.41) is 0. The van der Waals surface area contributed by atoms with Crippen LogP contribution in [0.1, 0.15) is 56.1 Å². The molecule has 0 aliphatic heterocycles. The number of fused-ring (bicyclic) bond motifs is 1. The molecule has 0 fully saturated rings. The second-order valence-corrected chi connectivity index (χ2v) is 4.46. The van der Waals surface area contributed by atoms with E-state index >= 15 is 0 Å². The molecule has 0 saturated heterocycles. The highest BCUT2D eigenvalue weighted by molar-refractivity contribution is 5.57. The summed E-state index contributed by atoms with van der Waals surface area (Å²) in [4.78, 5) is 0. The van der Waals surface area contributed by atoms with Crippen LogP contribution in [0, 0.1) is 0 Å². The smallest absolute Gasteiger partial charge is 0.0121 e. The van der Waals surface area contributed by atoms with Gasteiger partial charge in [0.05, 0.1) is 0 Å². The first kappa shape index (κ1) is 10.5. The van der Waals surface area contributed by atoms with Gasteiger partial charge in [-0.3, -0.25) is 0 Å². The lowest BCUT2D eigenvalue weighted by molar-refractivity contribution is 0.567. The Morgan fingerprint density at radius 2 is 2.07 bits per heavy atom. The van der Waals surface area contributed by atoms with Gasteiger partial charge in [-0.05, 0) is 29.9 Å². The number of hydrogen-bond acceptors (Lipinski definition) is 0. The molecule has 1 aliphatic carbocycles. The first-order valence-corrected chi connectivity index (χ1v) is 6.17. The van der Waals surface area contributed by atoms with Crippen LogP contribution in [0.25, 0.3) is 6.08 Å². The van der Waals surface area contributed by atoms with Gasteiger partial charge in [-0.1, -0.05) is 62.6 Å². The molecule has 1 aliphatic rings. The third-order valence-electron chi connectivity index (χ3n) is 3.31. The zero-order valence-electron chi connectivity index (χ0n) is 9.58. The van der Waals surface area contributed by atoms with Crippen LogP contribution in [-0.2, 0) is 0 Å². The molecule has 0 amide bonds. The van der Waals surface area contributed by atoms with Gasteiger partial charge in [0.25, 0.3) is 0 Å². The Labute approximate surface area is 93.0 Å². The molecule has 0 heteroatoms. The van der Waals surface area contributed by atoms with Crippen molar-refractivity contribution in [2.75, 3.05) is 0 Å². The summed E-state index contributed by atoms with van der Waals surface area (Å²) in [7, 11) is 0. The molecule has 0 heterocycles. The van der Waals surface area contributed by atoms with Crippen molar-refractivity contribution in [2.45, 2.75) is 44.9 Å². The highest BCUT2D eigenvalue weighted by Gasteiger charge is 2.15. The van der Waals surface area contributed by atoms with Gasteiger partial charge in [0, 0.05) is 0 Å². The van der Waals surface area contributed by atoms with Crippen LogP contribution in [-0.4, -0.2) is 0 Å². The van der Waals surface area contributed by atoms with E-state index in [1.54, 1.807) is 5.56 Å². The van der Waals surface area contributed by atoms with Gasteiger partial charge < -0.3 is 0 Å². The fourth-order valence-electron chi connectivity index (χ4n) is 2.43. The van der Waals surface area contributed by atoms with E-state index in [4.69, 9.17) is 0 Å². The summed E-state index contributed by atoms with van der Waals surface area (Å²) in [6.07, 6.45) is 11.3. The van der Waals surface area contributed by atoms with Gasteiger partial charge in [-0.25, -0.2) is 0 Å². The molecular weight excluding hydrogens is 180 g/mol. The maximum Gasteiger partial charge on any atom is -0.0121 e. The van der Waals surface area contributed by atoms with Crippen molar-refractivity contribution in [3.8, 4) is 0 Å². The van der Waals surface area contributed by atoms with Crippen LogP contribution in [0.2, 0.25) is 0 Å². The molecule has 1 aromatic carbocycles. The van der Waals surface area contributed by atoms with Crippen LogP contribution in [0.5, 0.6) is 0 Å². The van der Waals surface area contributed by atoms with E-state index in [1.807, 2.05) is 0 Å². The van der Waals surface area contributed by atoms with E-state index in [1.165, 1.54) is 37.7 Å². The van der Waals surface area contributed by atoms with E-state index in [0.717, 1.165) is 5.92 Å². The Morgan fingerprint density at radius 3 is 2.93 bits per heavy atom. The van der Waals surface area contributed by atoms with Gasteiger partial charge in [-0.15, -0.1) is 0 Å². The molecule has 80 valence electrons. The lowest BCUT2D eigenvalue weighted by Gasteiger charge is -2.21. The van der Waals surface area contributed by atoms with Crippen molar-refractivity contribution >= 4 is 6.08 Å². The number of rotatable bonds is 4. The third kappa shape index (κ3) is 2.50. The SMILES string of the molecule is CCCCC[C@H]1CC=Cc2ccccc21. The Morgan fingerprint density at radius 1 is 1.20 bits per heavy atom. The second-order valence-electron chi connectivity index (χ2n) is 4.46. The predicted molar refractivity (Wildman–Crippen MR) is 67.0 cm³/mol. The Kier molecular flexibility index (Phi) is 3.60. The molecule has 0 bridgehead atoms. The second kappa shape index (κ2) is 5.16. The van der Waals surface area contributed by atoms with Crippen molar-refractivity contribution in [3.05, 3.63) is 41.5 Å². The van der Waals surface area contributed by atoms with E-state index in [9.17, 15) is 0 Å². The molecule has 0 spiro atoms. The maximum atomic E-state index is 2.33. The van der Waals surface area contributed by atoms with E-state index in [2.05, 4.69) is 43.3 Å². The quantitative estimate of drug-likeness (QED) is 0.614. The van der Waals surface area contributed by atoms with Gasteiger partial charge >= 0.3 is 0 Å². The molecule has 1 atom stereocenters. The predicted octanol–water partition coefficient (Wildman–Crippen LogP) is 4.77. The average molecular weight is 200 g/mol. The zero-order valence-corrected chi connectivity index (χ0v) is 9.58. The fourth-order valence-corrected chi connectivity index (χ4v) is 2.43. The Bertz CT molecular complexity index is 336. The molecule has 0 nitrogen and oxygen atoms in total. The topological polar surface area (TPSA) is 0 Å². The maximum absolute atomic E-state index is 2.33. The minimum atomic E-state index is 0.776. The van der Waals surface area contributed by atoms with Crippen LogP contribution in [0.15, 0.2) is 30.3 Å². The van der Waals surface area contributed by atoms with Crippen LogP contribution in [0.3, 0.4) is 0 Å². The highest BCUT2D eigenvalue weighted by Crippen LogP contribution is 2.33. The third-order valence-corrected chi connectivity index (χ3v) is 3.31. The Hall–Kier alpha value is -1.04. The molecular formula is C15H20. The standard InChI is InChI=1S/C15H20/c1-2-3-4-8-13-10-7-11-14-9-5-6-12-15(13)14/h5-7,9,11-13H,2-4,8,10H2,1H3/t13-/m0/s1. The molecule has 0 unspecified atom stereocenters. The molecule has 2 rings (SSSR count). The van der Waals surface area contributed by atoms with Crippen molar-refractivity contribution in [2.24, 2.45) is 0 Å². The summed E-state index contributed by atoms with van der Waals surface area (Å²) in [6.45, 7) is 2.27. The lowest BCUT2D eigenvalue weighted by atomic mass is 9.84. The molecule has 0 radical (unpaired) electrons. The molecule has 1 aromatic rings. The first-order chi connectivity index (χ1) is 7.42. The van der Waals surface area contributed by atoms with Crippen molar-refractivity contribution in [3.63, 3.8) is 0 Å². The van der Waals surface area contributed by atoms with Crippen LogP contribution < -0.4 is 0 Å². The molecule has 0 N–H and O–H groups in total. The minimum absolute atomic E-state index is 0.776. The van der Waals surface area contributed by atoms with Gasteiger partial charge in [-0.2, -0.15) is 0 Å². The van der Waals surface area contributed by atoms with Crippen molar-refractivity contribution in [1.82, 2.24) is 0 Å². The fraction of sp³-hybridized carbons (Fsp3) is 0.467. The summed E-state index contributed by atoms with van der Waals surface area (Å²) < 4.78 is 0. The number of unbranched alkanes of at least 4 members (excludes halogenated alkanes) is 2. The lowest BCUT2D eigenvalue weighted by Crippen LogP contribution is -2.03. The van der Waals surface area contributed by atoms with Crippen LogP contribution >= 0.6 is 0 Å².